The zero-order valence-electron chi connectivity index (χ0n) is 14.5. The van der Waals surface area contributed by atoms with Crippen LogP contribution in [0.1, 0.15) is 56.4 Å². The molecule has 1 amide bonds. The molecule has 24 heavy (non-hydrogen) atoms. The largest absolute Gasteiger partial charge is 0.497 e. The number of rotatable bonds is 4. The number of amides is 1. The van der Waals surface area contributed by atoms with E-state index >= 15 is 0 Å². The normalized spacial score (nSPS) is 42.0. The van der Waals surface area contributed by atoms with E-state index in [1.54, 1.807) is 7.11 Å². The average Bonchev–Trinajstić information content (AvgIpc) is 3.34. The Hall–Kier alpha value is -1.51. The van der Waals surface area contributed by atoms with Crippen molar-refractivity contribution < 1.29 is 9.53 Å². The minimum Gasteiger partial charge on any atom is -0.497 e. The maximum Gasteiger partial charge on any atom is 0.224 e. The van der Waals surface area contributed by atoms with Crippen molar-refractivity contribution in [2.45, 2.75) is 56.4 Å². The van der Waals surface area contributed by atoms with Crippen LogP contribution in [0.5, 0.6) is 5.75 Å². The third-order valence-corrected chi connectivity index (χ3v) is 7.10. The molecule has 3 nitrogen and oxygen atoms in total. The summed E-state index contributed by atoms with van der Waals surface area (Å²) in [7, 11) is 1.69. The van der Waals surface area contributed by atoms with E-state index in [1.807, 2.05) is 12.1 Å². The minimum absolute atomic E-state index is 0.152. The van der Waals surface area contributed by atoms with Crippen LogP contribution in [-0.2, 0) is 4.79 Å². The lowest BCUT2D eigenvalue weighted by atomic mass is 9.53. The summed E-state index contributed by atoms with van der Waals surface area (Å²) in [5.41, 5.74) is 1.43. The van der Waals surface area contributed by atoms with Gasteiger partial charge in [-0.15, -0.1) is 0 Å². The lowest BCUT2D eigenvalue weighted by Crippen LogP contribution is -2.60. The molecular weight excluding hydrogens is 298 g/mol. The second-order valence-corrected chi connectivity index (χ2v) is 8.91. The van der Waals surface area contributed by atoms with E-state index in [0.717, 1.165) is 29.9 Å². The number of hydrogen-bond donors (Lipinski definition) is 1. The molecule has 5 aliphatic rings. The second-order valence-electron chi connectivity index (χ2n) is 8.91. The highest BCUT2D eigenvalue weighted by Crippen LogP contribution is 2.56. The molecule has 6 rings (SSSR count). The van der Waals surface area contributed by atoms with Crippen LogP contribution in [0.3, 0.4) is 0 Å². The van der Waals surface area contributed by atoms with Gasteiger partial charge in [-0.25, -0.2) is 0 Å². The Labute approximate surface area is 144 Å². The van der Waals surface area contributed by atoms with Gasteiger partial charge >= 0.3 is 0 Å². The third-order valence-electron chi connectivity index (χ3n) is 7.10. The summed E-state index contributed by atoms with van der Waals surface area (Å²) in [4.78, 5) is 12.9. The molecule has 1 N–H and O–H groups in total. The Morgan fingerprint density at radius 1 is 1.00 bits per heavy atom. The van der Waals surface area contributed by atoms with E-state index in [9.17, 15) is 4.79 Å². The van der Waals surface area contributed by atoms with Gasteiger partial charge < -0.3 is 10.1 Å². The van der Waals surface area contributed by atoms with Gasteiger partial charge in [-0.2, -0.15) is 0 Å². The monoisotopic (exact) mass is 325 g/mol. The van der Waals surface area contributed by atoms with Crippen LogP contribution in [0.15, 0.2) is 24.3 Å². The summed E-state index contributed by atoms with van der Waals surface area (Å²) in [5.74, 6) is 4.44. The highest BCUT2D eigenvalue weighted by atomic mass is 16.5. The Bertz CT molecular complexity index is 615. The van der Waals surface area contributed by atoms with Crippen molar-refractivity contribution >= 4 is 5.91 Å². The Morgan fingerprint density at radius 2 is 1.58 bits per heavy atom. The first kappa shape index (κ1) is 14.8. The van der Waals surface area contributed by atoms with Gasteiger partial charge in [0.25, 0.3) is 0 Å². The fourth-order valence-corrected chi connectivity index (χ4v) is 6.32. The molecule has 2 unspecified atom stereocenters. The van der Waals surface area contributed by atoms with Gasteiger partial charge in [-0.1, -0.05) is 12.1 Å². The van der Waals surface area contributed by atoms with Gasteiger partial charge in [0.15, 0.2) is 0 Å². The summed E-state index contributed by atoms with van der Waals surface area (Å²) in [6.45, 7) is 0. The SMILES string of the molecule is COc1ccc(C2CC2C(=O)NC23CC4CC(CC(C4)C2)C3)cc1. The Balaban J connectivity index is 1.25. The Kier molecular flexibility index (Phi) is 3.23. The summed E-state index contributed by atoms with van der Waals surface area (Å²) in [5, 5.41) is 3.55. The van der Waals surface area contributed by atoms with Gasteiger partial charge in [0.1, 0.15) is 5.75 Å². The lowest BCUT2D eigenvalue weighted by molar-refractivity contribution is -0.128. The van der Waals surface area contributed by atoms with Crippen LogP contribution in [0.25, 0.3) is 0 Å². The Morgan fingerprint density at radius 3 is 2.12 bits per heavy atom. The molecule has 128 valence electrons. The maximum absolute atomic E-state index is 12.9. The lowest BCUT2D eigenvalue weighted by Gasteiger charge is -2.57. The van der Waals surface area contributed by atoms with Crippen LogP contribution >= 0.6 is 0 Å². The van der Waals surface area contributed by atoms with E-state index < -0.39 is 0 Å². The molecule has 5 saturated carbocycles. The molecule has 2 atom stereocenters. The molecule has 0 saturated heterocycles. The number of nitrogens with one attached hydrogen (secondary N) is 1. The fraction of sp³-hybridized carbons (Fsp3) is 0.667. The predicted molar refractivity (Wildman–Crippen MR) is 92.9 cm³/mol. The molecule has 5 aliphatic carbocycles. The highest BCUT2D eigenvalue weighted by molar-refractivity contribution is 5.83. The zero-order valence-corrected chi connectivity index (χ0v) is 14.5. The summed E-state index contributed by atoms with van der Waals surface area (Å²) in [6.07, 6.45) is 9.00. The van der Waals surface area contributed by atoms with Crippen LogP contribution in [0.2, 0.25) is 0 Å². The van der Waals surface area contributed by atoms with Crippen LogP contribution in [-0.4, -0.2) is 18.6 Å². The first-order valence-electron chi connectivity index (χ1n) is 9.60. The topological polar surface area (TPSA) is 38.3 Å². The number of ether oxygens (including phenoxy) is 1. The molecule has 5 fully saturated rings. The third kappa shape index (κ3) is 2.44. The van der Waals surface area contributed by atoms with Crippen molar-refractivity contribution in [3.63, 3.8) is 0 Å². The standard InChI is InChI=1S/C21H27NO2/c1-24-17-4-2-16(3-5-17)18-9-19(18)20(23)22-21-10-13-6-14(11-21)8-15(7-13)12-21/h2-5,13-15,18-19H,6-12H2,1H3,(H,22,23). The van der Waals surface area contributed by atoms with Crippen molar-refractivity contribution in [1.82, 2.24) is 5.32 Å². The molecular formula is C21H27NO2. The van der Waals surface area contributed by atoms with Crippen LogP contribution in [0, 0.1) is 23.7 Å². The number of benzene rings is 1. The molecule has 0 aliphatic heterocycles. The molecule has 0 heterocycles. The van der Waals surface area contributed by atoms with E-state index in [0.29, 0.717) is 11.8 Å². The smallest absolute Gasteiger partial charge is 0.224 e. The minimum atomic E-state index is 0.152. The molecule has 3 heteroatoms. The summed E-state index contributed by atoms with van der Waals surface area (Å²) < 4.78 is 5.22. The van der Waals surface area contributed by atoms with Crippen molar-refractivity contribution in [3.05, 3.63) is 29.8 Å². The van der Waals surface area contributed by atoms with Crippen LogP contribution < -0.4 is 10.1 Å². The fourth-order valence-electron chi connectivity index (χ4n) is 6.32. The molecule has 4 bridgehead atoms. The molecule has 1 aromatic rings. The van der Waals surface area contributed by atoms with Gasteiger partial charge in [-0.05, 0) is 86.3 Å². The van der Waals surface area contributed by atoms with E-state index in [4.69, 9.17) is 4.74 Å². The predicted octanol–water partition coefficient (Wildman–Crippen LogP) is 3.88. The zero-order chi connectivity index (χ0) is 16.3. The number of carbonyl (C=O) groups excluding carboxylic acids is 1. The number of hydrogen-bond acceptors (Lipinski definition) is 2. The van der Waals surface area contributed by atoms with Gasteiger partial charge in [-0.3, -0.25) is 4.79 Å². The van der Waals surface area contributed by atoms with E-state index in [2.05, 4.69) is 17.4 Å². The molecule has 0 radical (unpaired) electrons. The summed E-state index contributed by atoms with van der Waals surface area (Å²) in [6, 6.07) is 8.23. The van der Waals surface area contributed by atoms with Crippen LogP contribution in [0.4, 0.5) is 0 Å². The van der Waals surface area contributed by atoms with E-state index in [1.165, 1.54) is 44.1 Å². The first-order valence-corrected chi connectivity index (χ1v) is 9.60. The highest BCUT2D eigenvalue weighted by Gasteiger charge is 2.53. The van der Waals surface area contributed by atoms with Gasteiger partial charge in [0, 0.05) is 11.5 Å². The van der Waals surface area contributed by atoms with Crippen molar-refractivity contribution in [2.24, 2.45) is 23.7 Å². The van der Waals surface area contributed by atoms with E-state index in [-0.39, 0.29) is 11.5 Å². The quantitative estimate of drug-likeness (QED) is 0.912. The average molecular weight is 325 g/mol. The van der Waals surface area contributed by atoms with Gasteiger partial charge in [0.2, 0.25) is 5.91 Å². The number of methoxy groups -OCH3 is 1. The molecule has 1 aromatic carbocycles. The van der Waals surface area contributed by atoms with Crippen molar-refractivity contribution in [2.75, 3.05) is 7.11 Å². The van der Waals surface area contributed by atoms with Crippen molar-refractivity contribution in [3.8, 4) is 5.75 Å². The second kappa shape index (κ2) is 5.24. The first-order chi connectivity index (χ1) is 11.6. The maximum atomic E-state index is 12.9. The summed E-state index contributed by atoms with van der Waals surface area (Å²) >= 11 is 0. The van der Waals surface area contributed by atoms with Crippen molar-refractivity contribution in [1.29, 1.82) is 0 Å². The number of carbonyl (C=O) groups is 1. The molecule has 0 spiro atoms. The molecule has 0 aromatic heterocycles. The van der Waals surface area contributed by atoms with Gasteiger partial charge in [0.05, 0.1) is 7.11 Å².